The normalized spacial score (nSPS) is 10.6. The first kappa shape index (κ1) is 13.9. The maximum absolute atomic E-state index is 11.3. The summed E-state index contributed by atoms with van der Waals surface area (Å²) in [6.45, 7) is 0. The molecule has 0 aliphatic rings. The fraction of sp³-hybridized carbons (Fsp3) is 0.125. The number of nitrogens with zero attached hydrogens (tertiary/aromatic N) is 1. The Bertz CT molecular complexity index is 854. The van der Waals surface area contributed by atoms with Gasteiger partial charge in [0, 0.05) is 17.0 Å². The second kappa shape index (κ2) is 5.40. The summed E-state index contributed by atoms with van der Waals surface area (Å²) in [7, 11) is 3.08. The standard InChI is InChI=1S/C16H14N2O4/c1-21-11-4-3-10-7-15(17-14(10)8-11)13-6-5-12(22-2)9-16(13)18(19)20/h3-9,17H,1-2H3. The van der Waals surface area contributed by atoms with Gasteiger partial charge in [0.15, 0.2) is 0 Å². The van der Waals surface area contributed by atoms with E-state index in [1.165, 1.54) is 13.2 Å². The predicted octanol–water partition coefficient (Wildman–Crippen LogP) is 3.76. The highest BCUT2D eigenvalue weighted by molar-refractivity contribution is 5.88. The molecule has 0 unspecified atom stereocenters. The van der Waals surface area contributed by atoms with Crippen LogP contribution in [0.25, 0.3) is 22.2 Å². The zero-order valence-corrected chi connectivity index (χ0v) is 12.1. The molecule has 1 heterocycles. The second-order valence-corrected chi connectivity index (χ2v) is 4.78. The van der Waals surface area contributed by atoms with Crippen LogP contribution in [0.5, 0.6) is 11.5 Å². The van der Waals surface area contributed by atoms with Gasteiger partial charge in [-0.25, -0.2) is 0 Å². The van der Waals surface area contributed by atoms with Crippen molar-refractivity contribution in [3.05, 3.63) is 52.6 Å². The largest absolute Gasteiger partial charge is 0.497 e. The molecule has 112 valence electrons. The van der Waals surface area contributed by atoms with Gasteiger partial charge < -0.3 is 14.5 Å². The van der Waals surface area contributed by atoms with Gasteiger partial charge in [0.25, 0.3) is 5.69 Å². The fourth-order valence-corrected chi connectivity index (χ4v) is 2.40. The molecule has 0 aliphatic heterocycles. The van der Waals surface area contributed by atoms with E-state index in [0.29, 0.717) is 17.0 Å². The number of fused-ring (bicyclic) bond motifs is 1. The molecule has 3 aromatic rings. The van der Waals surface area contributed by atoms with E-state index in [-0.39, 0.29) is 5.69 Å². The van der Waals surface area contributed by atoms with Gasteiger partial charge in [-0.3, -0.25) is 10.1 Å². The van der Waals surface area contributed by atoms with E-state index in [2.05, 4.69) is 4.98 Å². The van der Waals surface area contributed by atoms with Crippen LogP contribution in [0.15, 0.2) is 42.5 Å². The Morgan fingerprint density at radius 3 is 2.36 bits per heavy atom. The third-order valence-corrected chi connectivity index (χ3v) is 3.52. The number of ether oxygens (including phenoxy) is 2. The number of aromatic amines is 1. The zero-order valence-electron chi connectivity index (χ0n) is 12.1. The smallest absolute Gasteiger partial charge is 0.282 e. The van der Waals surface area contributed by atoms with Crippen molar-refractivity contribution in [2.75, 3.05) is 14.2 Å². The molecule has 6 nitrogen and oxygen atoms in total. The fourth-order valence-electron chi connectivity index (χ4n) is 2.40. The number of nitro benzene ring substituents is 1. The van der Waals surface area contributed by atoms with Gasteiger partial charge in [0.05, 0.1) is 36.5 Å². The van der Waals surface area contributed by atoms with Gasteiger partial charge >= 0.3 is 0 Å². The molecule has 0 saturated carbocycles. The van der Waals surface area contributed by atoms with E-state index >= 15 is 0 Å². The van der Waals surface area contributed by atoms with Crippen LogP contribution in [0.1, 0.15) is 0 Å². The lowest BCUT2D eigenvalue weighted by molar-refractivity contribution is -0.384. The number of rotatable bonds is 4. The van der Waals surface area contributed by atoms with Crippen LogP contribution < -0.4 is 9.47 Å². The van der Waals surface area contributed by atoms with Crippen LogP contribution in [0.3, 0.4) is 0 Å². The van der Waals surface area contributed by atoms with E-state index in [1.807, 2.05) is 24.3 Å². The second-order valence-electron chi connectivity index (χ2n) is 4.78. The highest BCUT2D eigenvalue weighted by Gasteiger charge is 2.18. The van der Waals surface area contributed by atoms with Crippen LogP contribution in [0.2, 0.25) is 0 Å². The Balaban J connectivity index is 2.16. The lowest BCUT2D eigenvalue weighted by Gasteiger charge is -2.03. The molecule has 0 spiro atoms. The molecule has 0 aliphatic carbocycles. The van der Waals surface area contributed by atoms with Crippen LogP contribution >= 0.6 is 0 Å². The molecule has 0 atom stereocenters. The molecular formula is C16H14N2O4. The summed E-state index contributed by atoms with van der Waals surface area (Å²) >= 11 is 0. The Hall–Kier alpha value is -3.02. The van der Waals surface area contributed by atoms with E-state index in [4.69, 9.17) is 9.47 Å². The minimum Gasteiger partial charge on any atom is -0.497 e. The zero-order chi connectivity index (χ0) is 15.7. The van der Waals surface area contributed by atoms with Crippen LogP contribution in [0.4, 0.5) is 5.69 Å². The number of methoxy groups -OCH3 is 2. The number of nitro groups is 1. The lowest BCUT2D eigenvalue weighted by atomic mass is 10.1. The van der Waals surface area contributed by atoms with Gasteiger partial charge in [0.1, 0.15) is 11.5 Å². The maximum atomic E-state index is 11.3. The topological polar surface area (TPSA) is 77.4 Å². The Morgan fingerprint density at radius 1 is 1.00 bits per heavy atom. The Labute approximate surface area is 126 Å². The van der Waals surface area contributed by atoms with Gasteiger partial charge in [-0.1, -0.05) is 0 Å². The third kappa shape index (κ3) is 2.35. The average molecular weight is 298 g/mol. The van der Waals surface area contributed by atoms with Gasteiger partial charge in [0.2, 0.25) is 0 Å². The average Bonchev–Trinajstić information content (AvgIpc) is 2.96. The van der Waals surface area contributed by atoms with Crippen molar-refractivity contribution >= 4 is 16.6 Å². The predicted molar refractivity (Wildman–Crippen MR) is 83.5 cm³/mol. The lowest BCUT2D eigenvalue weighted by Crippen LogP contribution is -1.93. The highest BCUT2D eigenvalue weighted by Crippen LogP contribution is 2.34. The van der Waals surface area contributed by atoms with Crippen molar-refractivity contribution in [3.8, 4) is 22.8 Å². The third-order valence-electron chi connectivity index (χ3n) is 3.52. The number of hydrogen-bond acceptors (Lipinski definition) is 4. The molecule has 6 heteroatoms. The SMILES string of the molecule is COc1ccc(-c2cc3ccc(OC)cc3[nH]2)c([N+](=O)[O-])c1. The first-order valence-corrected chi connectivity index (χ1v) is 6.62. The first-order valence-electron chi connectivity index (χ1n) is 6.62. The summed E-state index contributed by atoms with van der Waals surface area (Å²) in [4.78, 5) is 14.1. The molecule has 0 saturated heterocycles. The Morgan fingerprint density at radius 2 is 1.68 bits per heavy atom. The van der Waals surface area contributed by atoms with Crippen LogP contribution in [-0.4, -0.2) is 24.1 Å². The summed E-state index contributed by atoms with van der Waals surface area (Å²) in [5, 5.41) is 12.3. The molecule has 0 bridgehead atoms. The van der Waals surface area contributed by atoms with Crippen molar-refractivity contribution < 1.29 is 14.4 Å². The van der Waals surface area contributed by atoms with Crippen molar-refractivity contribution in [2.24, 2.45) is 0 Å². The van der Waals surface area contributed by atoms with Crippen molar-refractivity contribution in [1.29, 1.82) is 0 Å². The van der Waals surface area contributed by atoms with Crippen LogP contribution in [0, 0.1) is 10.1 Å². The number of benzene rings is 2. The molecule has 1 aromatic heterocycles. The van der Waals surface area contributed by atoms with E-state index in [9.17, 15) is 10.1 Å². The minimum atomic E-state index is -0.413. The van der Waals surface area contributed by atoms with E-state index in [0.717, 1.165) is 16.7 Å². The van der Waals surface area contributed by atoms with Gasteiger partial charge in [-0.05, 0) is 30.3 Å². The summed E-state index contributed by atoms with van der Waals surface area (Å²) < 4.78 is 10.2. The monoisotopic (exact) mass is 298 g/mol. The van der Waals surface area contributed by atoms with Crippen molar-refractivity contribution in [2.45, 2.75) is 0 Å². The molecule has 0 fully saturated rings. The quantitative estimate of drug-likeness (QED) is 0.587. The molecular weight excluding hydrogens is 284 g/mol. The summed E-state index contributed by atoms with van der Waals surface area (Å²) in [5.41, 5.74) is 2.05. The number of nitrogens with one attached hydrogen (secondary N) is 1. The van der Waals surface area contributed by atoms with E-state index < -0.39 is 4.92 Å². The molecule has 3 rings (SSSR count). The van der Waals surface area contributed by atoms with Gasteiger partial charge in [-0.15, -0.1) is 0 Å². The highest BCUT2D eigenvalue weighted by atomic mass is 16.6. The van der Waals surface area contributed by atoms with Crippen molar-refractivity contribution in [3.63, 3.8) is 0 Å². The number of aromatic nitrogens is 1. The van der Waals surface area contributed by atoms with Crippen LogP contribution in [-0.2, 0) is 0 Å². The molecule has 2 aromatic carbocycles. The number of hydrogen-bond donors (Lipinski definition) is 1. The van der Waals surface area contributed by atoms with E-state index in [1.54, 1.807) is 19.2 Å². The molecule has 0 amide bonds. The Kier molecular flexibility index (Phi) is 3.42. The maximum Gasteiger partial charge on any atom is 0.282 e. The minimum absolute atomic E-state index is 0.00197. The summed E-state index contributed by atoms with van der Waals surface area (Å²) in [6, 6.07) is 12.3. The first-order chi connectivity index (χ1) is 10.6. The molecule has 0 radical (unpaired) electrons. The summed E-state index contributed by atoms with van der Waals surface area (Å²) in [5.74, 6) is 1.18. The molecule has 22 heavy (non-hydrogen) atoms. The molecule has 1 N–H and O–H groups in total. The van der Waals surface area contributed by atoms with Crippen molar-refractivity contribution in [1.82, 2.24) is 4.98 Å². The number of H-pyrrole nitrogens is 1. The summed E-state index contributed by atoms with van der Waals surface area (Å²) in [6.07, 6.45) is 0. The van der Waals surface area contributed by atoms with Gasteiger partial charge in [-0.2, -0.15) is 0 Å².